The summed E-state index contributed by atoms with van der Waals surface area (Å²) < 4.78 is 5.37. The Kier molecular flexibility index (Phi) is 3.49. The van der Waals surface area contributed by atoms with E-state index in [1.165, 1.54) is 0 Å². The predicted octanol–water partition coefficient (Wildman–Crippen LogP) is 3.03. The second-order valence-corrected chi connectivity index (χ2v) is 4.00. The van der Waals surface area contributed by atoms with Crippen LogP contribution in [0.4, 0.5) is 5.69 Å². The third-order valence-electron chi connectivity index (χ3n) is 2.50. The molecule has 0 fully saturated rings. The summed E-state index contributed by atoms with van der Waals surface area (Å²) >= 11 is 5.30. The quantitative estimate of drug-likeness (QED) is 0.847. The van der Waals surface area contributed by atoms with E-state index in [1.807, 2.05) is 36.4 Å². The number of carbonyl (C=O) groups is 1. The zero-order valence-electron chi connectivity index (χ0n) is 9.37. The molecule has 0 heterocycles. The van der Waals surface area contributed by atoms with Crippen LogP contribution in [0.1, 0.15) is 0 Å². The lowest BCUT2D eigenvalue weighted by Gasteiger charge is -2.12. The molecule has 88 valence electrons. The van der Waals surface area contributed by atoms with Gasteiger partial charge >= 0.3 is 0 Å². The van der Waals surface area contributed by atoms with Crippen LogP contribution in [0.25, 0.3) is 10.8 Å². The first-order chi connectivity index (χ1) is 8.22. The van der Waals surface area contributed by atoms with Gasteiger partial charge in [-0.1, -0.05) is 30.3 Å². The molecule has 0 unspecified atom stereocenters. The average Bonchev–Trinajstić information content (AvgIpc) is 2.35. The first kappa shape index (κ1) is 11.7. The van der Waals surface area contributed by atoms with Crippen molar-refractivity contribution in [2.24, 2.45) is 0 Å². The zero-order chi connectivity index (χ0) is 12.3. The number of hydrogen-bond donors (Lipinski definition) is 1. The molecule has 0 saturated heterocycles. The number of halogens is 1. The minimum atomic E-state index is -0.430. The maximum atomic E-state index is 10.7. The van der Waals surface area contributed by atoms with Gasteiger partial charge in [-0.2, -0.15) is 0 Å². The van der Waals surface area contributed by atoms with E-state index in [1.54, 1.807) is 7.11 Å². The summed E-state index contributed by atoms with van der Waals surface area (Å²) in [7, 11) is 1.61. The van der Waals surface area contributed by atoms with E-state index in [9.17, 15) is 4.79 Å². The van der Waals surface area contributed by atoms with Crippen LogP contribution >= 0.6 is 11.6 Å². The molecule has 1 N–H and O–H groups in total. The number of rotatable bonds is 4. The fourth-order valence-electron chi connectivity index (χ4n) is 1.77. The number of hydrogen-bond acceptors (Lipinski definition) is 3. The van der Waals surface area contributed by atoms with E-state index in [-0.39, 0.29) is 6.54 Å². The lowest BCUT2D eigenvalue weighted by atomic mass is 10.1. The summed E-state index contributed by atoms with van der Waals surface area (Å²) in [5.74, 6) is 0.723. The topological polar surface area (TPSA) is 38.3 Å². The average molecular weight is 250 g/mol. The number of benzene rings is 2. The summed E-state index contributed by atoms with van der Waals surface area (Å²) in [4.78, 5) is 10.7. The second kappa shape index (κ2) is 5.06. The lowest BCUT2D eigenvalue weighted by molar-refractivity contribution is -0.110. The minimum absolute atomic E-state index is 0.0796. The van der Waals surface area contributed by atoms with Crippen LogP contribution in [-0.2, 0) is 4.79 Å². The van der Waals surface area contributed by atoms with Gasteiger partial charge in [0.05, 0.1) is 19.3 Å². The van der Waals surface area contributed by atoms with Crippen LogP contribution in [-0.4, -0.2) is 18.9 Å². The Hall–Kier alpha value is -1.74. The van der Waals surface area contributed by atoms with Crippen molar-refractivity contribution < 1.29 is 9.53 Å². The van der Waals surface area contributed by atoms with Crippen molar-refractivity contribution in [3.8, 4) is 5.75 Å². The molecule has 3 nitrogen and oxygen atoms in total. The predicted molar refractivity (Wildman–Crippen MR) is 69.8 cm³/mol. The van der Waals surface area contributed by atoms with Crippen LogP contribution < -0.4 is 10.1 Å². The Balaban J connectivity index is 2.45. The maximum absolute atomic E-state index is 10.7. The normalized spacial score (nSPS) is 10.2. The van der Waals surface area contributed by atoms with Gasteiger partial charge in [-0.15, -0.1) is 0 Å². The van der Waals surface area contributed by atoms with Crippen molar-refractivity contribution in [2.75, 3.05) is 19.0 Å². The standard InChI is InChI=1S/C13H12ClNO2/c1-17-13-10-5-3-2-4-9(10)6-7-11(13)15-8-12(14)16/h2-7,15H,8H2,1H3. The van der Waals surface area contributed by atoms with Gasteiger partial charge in [0.2, 0.25) is 5.24 Å². The molecule has 2 aromatic rings. The highest BCUT2D eigenvalue weighted by Gasteiger charge is 2.08. The molecule has 2 rings (SSSR count). The molecule has 0 atom stereocenters. The summed E-state index contributed by atoms with van der Waals surface area (Å²) in [6, 6.07) is 11.7. The number of ether oxygens (including phenoxy) is 1. The van der Waals surface area contributed by atoms with Gasteiger partial charge in [-0.3, -0.25) is 4.79 Å². The zero-order valence-corrected chi connectivity index (χ0v) is 10.1. The van der Waals surface area contributed by atoms with E-state index >= 15 is 0 Å². The first-order valence-corrected chi connectivity index (χ1v) is 5.58. The summed E-state index contributed by atoms with van der Waals surface area (Å²) in [6.07, 6.45) is 0. The fourth-order valence-corrected chi connectivity index (χ4v) is 1.83. The number of anilines is 1. The van der Waals surface area contributed by atoms with E-state index < -0.39 is 5.24 Å². The molecule has 0 aliphatic carbocycles. The number of carbonyl (C=O) groups excluding carboxylic acids is 1. The van der Waals surface area contributed by atoms with Crippen molar-refractivity contribution in [3.63, 3.8) is 0 Å². The van der Waals surface area contributed by atoms with Crippen LogP contribution in [0.3, 0.4) is 0 Å². The second-order valence-electron chi connectivity index (χ2n) is 3.58. The van der Waals surface area contributed by atoms with Gasteiger partial charge in [0.25, 0.3) is 0 Å². The molecule has 0 radical (unpaired) electrons. The highest BCUT2D eigenvalue weighted by atomic mass is 35.5. The Morgan fingerprint density at radius 3 is 2.76 bits per heavy atom. The molecular weight excluding hydrogens is 238 g/mol. The van der Waals surface area contributed by atoms with E-state index in [0.717, 1.165) is 22.2 Å². The van der Waals surface area contributed by atoms with Gasteiger partial charge in [0, 0.05) is 5.39 Å². The van der Waals surface area contributed by atoms with Gasteiger partial charge in [-0.05, 0) is 23.1 Å². The maximum Gasteiger partial charge on any atom is 0.240 e. The fraction of sp³-hybridized carbons (Fsp3) is 0.154. The molecule has 0 aliphatic heterocycles. The van der Waals surface area contributed by atoms with Crippen LogP contribution in [0.2, 0.25) is 0 Å². The first-order valence-electron chi connectivity index (χ1n) is 5.20. The lowest BCUT2D eigenvalue weighted by Crippen LogP contribution is -2.08. The van der Waals surface area contributed by atoms with E-state index in [0.29, 0.717) is 0 Å². The molecule has 0 bridgehead atoms. The van der Waals surface area contributed by atoms with Crippen molar-refractivity contribution in [3.05, 3.63) is 36.4 Å². The smallest absolute Gasteiger partial charge is 0.240 e. The Labute approximate surface area is 104 Å². The van der Waals surface area contributed by atoms with Crippen molar-refractivity contribution in [1.82, 2.24) is 0 Å². The molecular formula is C13H12ClNO2. The molecule has 2 aromatic carbocycles. The van der Waals surface area contributed by atoms with Crippen LogP contribution in [0.5, 0.6) is 5.75 Å². The molecule has 17 heavy (non-hydrogen) atoms. The SMILES string of the molecule is COc1c(NCC(=O)Cl)ccc2ccccc12. The number of methoxy groups -OCH3 is 1. The third-order valence-corrected chi connectivity index (χ3v) is 2.64. The number of nitrogens with one attached hydrogen (secondary N) is 1. The molecule has 0 aliphatic rings. The third kappa shape index (κ3) is 2.50. The largest absolute Gasteiger partial charge is 0.494 e. The molecule has 0 saturated carbocycles. The molecule has 0 amide bonds. The summed E-state index contributed by atoms with van der Waals surface area (Å²) in [5, 5.41) is 4.61. The van der Waals surface area contributed by atoms with Gasteiger partial charge in [0.15, 0.2) is 0 Å². The monoisotopic (exact) mass is 249 g/mol. The van der Waals surface area contributed by atoms with Crippen LogP contribution in [0.15, 0.2) is 36.4 Å². The molecule has 0 aromatic heterocycles. The van der Waals surface area contributed by atoms with Gasteiger partial charge in [0.1, 0.15) is 5.75 Å². The van der Waals surface area contributed by atoms with Crippen molar-refractivity contribution in [2.45, 2.75) is 0 Å². The Morgan fingerprint density at radius 2 is 2.06 bits per heavy atom. The van der Waals surface area contributed by atoms with Crippen molar-refractivity contribution in [1.29, 1.82) is 0 Å². The van der Waals surface area contributed by atoms with Gasteiger partial charge in [-0.25, -0.2) is 0 Å². The summed E-state index contributed by atoms with van der Waals surface area (Å²) in [6.45, 7) is 0.0796. The highest BCUT2D eigenvalue weighted by molar-refractivity contribution is 6.64. The summed E-state index contributed by atoms with van der Waals surface area (Å²) in [5.41, 5.74) is 0.764. The van der Waals surface area contributed by atoms with E-state index in [4.69, 9.17) is 16.3 Å². The van der Waals surface area contributed by atoms with E-state index in [2.05, 4.69) is 5.32 Å². The van der Waals surface area contributed by atoms with Crippen molar-refractivity contribution >= 4 is 33.3 Å². The molecule has 4 heteroatoms. The number of fused-ring (bicyclic) bond motifs is 1. The minimum Gasteiger partial charge on any atom is -0.494 e. The molecule has 0 spiro atoms. The van der Waals surface area contributed by atoms with Crippen LogP contribution in [0, 0.1) is 0 Å². The highest BCUT2D eigenvalue weighted by Crippen LogP contribution is 2.33. The Bertz CT molecular complexity index is 554. The van der Waals surface area contributed by atoms with Gasteiger partial charge < -0.3 is 10.1 Å². The Morgan fingerprint density at radius 1 is 1.29 bits per heavy atom.